The molecule has 0 saturated carbocycles. The topological polar surface area (TPSA) is 112 Å². The van der Waals surface area contributed by atoms with Gasteiger partial charge in [0.05, 0.1) is 5.56 Å². The molecule has 15 heavy (non-hydrogen) atoms. The zero-order chi connectivity index (χ0) is 10.9. The van der Waals surface area contributed by atoms with Crippen molar-refractivity contribution in [2.24, 2.45) is 0 Å². The molecule has 0 fully saturated rings. The van der Waals surface area contributed by atoms with Crippen LogP contribution in [0.1, 0.15) is 10.4 Å². The molecule has 1 rings (SSSR count). The number of rotatable bonds is 2. The van der Waals surface area contributed by atoms with Gasteiger partial charge in [0.2, 0.25) is 0 Å². The van der Waals surface area contributed by atoms with Gasteiger partial charge in [-0.25, -0.2) is 4.79 Å². The SMILES string of the molecule is O=C(O)c1ccc(S(=O)(=O)O)c(O)c1.[KH]. The van der Waals surface area contributed by atoms with Crippen molar-refractivity contribution in [2.45, 2.75) is 4.90 Å². The summed E-state index contributed by atoms with van der Waals surface area (Å²) in [6.07, 6.45) is 0. The van der Waals surface area contributed by atoms with Crippen LogP contribution in [0.15, 0.2) is 23.1 Å². The number of carbonyl (C=O) groups is 1. The van der Waals surface area contributed by atoms with E-state index in [1.165, 1.54) is 0 Å². The average molecular weight is 258 g/mol. The predicted octanol–water partition coefficient (Wildman–Crippen LogP) is -0.311. The van der Waals surface area contributed by atoms with E-state index < -0.39 is 26.7 Å². The van der Waals surface area contributed by atoms with Crippen molar-refractivity contribution in [3.05, 3.63) is 23.8 Å². The Labute approximate surface area is 128 Å². The molecule has 0 aliphatic rings. The number of benzene rings is 1. The third kappa shape index (κ3) is 3.83. The Morgan fingerprint density at radius 1 is 1.27 bits per heavy atom. The first kappa shape index (κ1) is 15.0. The summed E-state index contributed by atoms with van der Waals surface area (Å²) in [6, 6.07) is 2.52. The van der Waals surface area contributed by atoms with Crippen molar-refractivity contribution in [1.82, 2.24) is 0 Å². The summed E-state index contributed by atoms with van der Waals surface area (Å²) < 4.78 is 29.7. The molecule has 0 unspecified atom stereocenters. The van der Waals surface area contributed by atoms with E-state index in [0.29, 0.717) is 0 Å². The van der Waals surface area contributed by atoms with E-state index in [-0.39, 0.29) is 56.9 Å². The van der Waals surface area contributed by atoms with Gasteiger partial charge in [-0.3, -0.25) is 4.55 Å². The normalized spacial score (nSPS) is 10.5. The van der Waals surface area contributed by atoms with Gasteiger partial charge in [0.15, 0.2) is 0 Å². The fraction of sp³-hybridized carbons (Fsp3) is 0. The Morgan fingerprint density at radius 2 is 1.80 bits per heavy atom. The van der Waals surface area contributed by atoms with Crippen LogP contribution in [0, 0.1) is 0 Å². The molecule has 1 aromatic rings. The summed E-state index contributed by atoms with van der Waals surface area (Å²) in [5, 5.41) is 17.6. The number of carboxylic acid groups (broad SMARTS) is 1. The van der Waals surface area contributed by atoms with Crippen LogP contribution in [-0.4, -0.2) is 80.5 Å². The van der Waals surface area contributed by atoms with Gasteiger partial charge in [-0.05, 0) is 18.2 Å². The maximum atomic E-state index is 10.6. The Balaban J connectivity index is 0.00000196. The molecule has 0 aromatic heterocycles. The zero-order valence-electron chi connectivity index (χ0n) is 6.71. The number of phenols is 1. The van der Waals surface area contributed by atoms with E-state index in [4.69, 9.17) is 14.8 Å². The van der Waals surface area contributed by atoms with Gasteiger partial charge >= 0.3 is 57.4 Å². The van der Waals surface area contributed by atoms with Gasteiger partial charge in [-0.1, -0.05) is 0 Å². The molecule has 0 bridgehead atoms. The van der Waals surface area contributed by atoms with Crippen molar-refractivity contribution in [3.63, 3.8) is 0 Å². The number of aromatic hydroxyl groups is 1. The number of phenolic OH excluding ortho intramolecular Hbond substituents is 1. The molecule has 0 saturated heterocycles. The average Bonchev–Trinajstić information content (AvgIpc) is 2.01. The number of hydrogen-bond acceptors (Lipinski definition) is 4. The van der Waals surface area contributed by atoms with Crippen LogP contribution in [-0.2, 0) is 10.1 Å². The van der Waals surface area contributed by atoms with Crippen LogP contribution in [0.3, 0.4) is 0 Å². The molecule has 1 aromatic carbocycles. The summed E-state index contributed by atoms with van der Waals surface area (Å²) in [4.78, 5) is 9.67. The molecule has 0 aliphatic heterocycles. The van der Waals surface area contributed by atoms with Gasteiger partial charge in [0.1, 0.15) is 10.6 Å². The Kier molecular flexibility index (Phi) is 5.40. The van der Waals surface area contributed by atoms with Gasteiger partial charge in [0.25, 0.3) is 10.1 Å². The van der Waals surface area contributed by atoms with Crippen LogP contribution in [0.4, 0.5) is 0 Å². The summed E-state index contributed by atoms with van der Waals surface area (Å²) in [7, 11) is -4.52. The summed E-state index contributed by atoms with van der Waals surface area (Å²) in [6.45, 7) is 0. The first-order valence-electron chi connectivity index (χ1n) is 3.36. The van der Waals surface area contributed by atoms with E-state index >= 15 is 0 Å². The molecule has 6 nitrogen and oxygen atoms in total. The Bertz CT molecular complexity index is 480. The quantitative estimate of drug-likeness (QED) is 0.495. The first-order valence-corrected chi connectivity index (χ1v) is 4.80. The van der Waals surface area contributed by atoms with Crippen molar-refractivity contribution >= 4 is 67.5 Å². The molecule has 0 amide bonds. The molecular formula is C7H7KO6S. The second kappa shape index (κ2) is 5.39. The van der Waals surface area contributed by atoms with Crippen LogP contribution < -0.4 is 0 Å². The van der Waals surface area contributed by atoms with Crippen LogP contribution in [0.25, 0.3) is 0 Å². The molecule has 78 valence electrons. The minimum atomic E-state index is -4.52. The maximum absolute atomic E-state index is 10.6. The second-order valence-electron chi connectivity index (χ2n) is 2.46. The second-order valence-corrected chi connectivity index (χ2v) is 3.85. The molecule has 0 radical (unpaired) electrons. The minimum absolute atomic E-state index is 0. The third-order valence-electron chi connectivity index (χ3n) is 1.48. The van der Waals surface area contributed by atoms with Gasteiger partial charge in [-0.2, -0.15) is 8.42 Å². The molecule has 3 N–H and O–H groups in total. The van der Waals surface area contributed by atoms with E-state index in [2.05, 4.69) is 0 Å². The van der Waals surface area contributed by atoms with E-state index in [1.54, 1.807) is 0 Å². The standard InChI is InChI=1S/C7H6O6S.K.H/c8-5-3-4(7(9)10)1-2-6(5)14(11,12)13;;/h1-3,8H,(H,9,10)(H,11,12,13);;. The Morgan fingerprint density at radius 3 is 2.13 bits per heavy atom. The first-order chi connectivity index (χ1) is 6.32. The molecule has 0 atom stereocenters. The van der Waals surface area contributed by atoms with Crippen molar-refractivity contribution < 1.29 is 28.0 Å². The molecule has 0 spiro atoms. The predicted molar refractivity (Wildman–Crippen MR) is 52.0 cm³/mol. The molecule has 8 heteroatoms. The van der Waals surface area contributed by atoms with Crippen LogP contribution in [0.2, 0.25) is 0 Å². The van der Waals surface area contributed by atoms with Crippen LogP contribution >= 0.6 is 0 Å². The van der Waals surface area contributed by atoms with Gasteiger partial charge in [0, 0.05) is 0 Å². The molecular weight excluding hydrogens is 251 g/mol. The number of hydrogen-bond donors (Lipinski definition) is 3. The van der Waals surface area contributed by atoms with Crippen molar-refractivity contribution in [3.8, 4) is 5.75 Å². The van der Waals surface area contributed by atoms with Gasteiger partial charge < -0.3 is 10.2 Å². The van der Waals surface area contributed by atoms with E-state index in [0.717, 1.165) is 18.2 Å². The van der Waals surface area contributed by atoms with E-state index in [9.17, 15) is 13.2 Å². The summed E-state index contributed by atoms with van der Waals surface area (Å²) >= 11 is 0. The third-order valence-corrected chi connectivity index (χ3v) is 2.38. The monoisotopic (exact) mass is 258 g/mol. The number of aromatic carboxylic acids is 1. The molecule has 0 aliphatic carbocycles. The summed E-state index contributed by atoms with van der Waals surface area (Å²) in [5.74, 6) is -2.10. The fourth-order valence-electron chi connectivity index (χ4n) is 0.869. The number of carboxylic acids is 1. The van der Waals surface area contributed by atoms with Crippen molar-refractivity contribution in [2.75, 3.05) is 0 Å². The fourth-order valence-corrected chi connectivity index (χ4v) is 1.43. The van der Waals surface area contributed by atoms with Crippen molar-refractivity contribution in [1.29, 1.82) is 0 Å². The van der Waals surface area contributed by atoms with Gasteiger partial charge in [-0.15, -0.1) is 0 Å². The van der Waals surface area contributed by atoms with Crippen LogP contribution in [0.5, 0.6) is 5.75 Å². The Hall–Kier alpha value is 0.0364. The molecule has 0 heterocycles. The van der Waals surface area contributed by atoms with E-state index in [1.807, 2.05) is 0 Å². The summed E-state index contributed by atoms with van der Waals surface area (Å²) in [5.41, 5.74) is -0.269. The zero-order valence-corrected chi connectivity index (χ0v) is 7.52.